The van der Waals surface area contributed by atoms with E-state index in [0.29, 0.717) is 47.2 Å². The molecule has 2 aliphatic rings. The number of H-pyrrole nitrogens is 1. The second-order valence-electron chi connectivity index (χ2n) is 9.27. The van der Waals surface area contributed by atoms with Crippen molar-refractivity contribution in [1.82, 2.24) is 15.2 Å². The number of morpholine rings is 1. The molecule has 0 radical (unpaired) electrons. The number of aromatic nitrogens is 1. The summed E-state index contributed by atoms with van der Waals surface area (Å²) >= 11 is 6.22. The van der Waals surface area contributed by atoms with E-state index in [0.717, 1.165) is 35.5 Å². The zero-order chi connectivity index (χ0) is 25.9. The predicted molar refractivity (Wildman–Crippen MR) is 145 cm³/mol. The van der Waals surface area contributed by atoms with Gasteiger partial charge in [0.15, 0.2) is 0 Å². The molecule has 0 spiro atoms. The van der Waals surface area contributed by atoms with Crippen molar-refractivity contribution in [1.29, 1.82) is 0 Å². The number of halogens is 1. The van der Waals surface area contributed by atoms with Crippen molar-refractivity contribution in [3.63, 3.8) is 0 Å². The molecule has 8 nitrogen and oxygen atoms in total. The van der Waals surface area contributed by atoms with Gasteiger partial charge < -0.3 is 25.5 Å². The summed E-state index contributed by atoms with van der Waals surface area (Å²) in [7, 11) is 0. The predicted octanol–water partition coefficient (Wildman–Crippen LogP) is 3.56. The van der Waals surface area contributed by atoms with Crippen LogP contribution in [0.4, 0.5) is 5.69 Å². The van der Waals surface area contributed by atoms with Crippen LogP contribution in [0.2, 0.25) is 5.02 Å². The average Bonchev–Trinajstić information content (AvgIpc) is 3.42. The number of ether oxygens (including phenoxy) is 1. The standard InChI is InChI=1S/C28H29ClN4O4/c1-17-23(27(35)31-14-20(34)16-33-8-10-37-11-9-33)15-30-25(17)13-22-26-21(18-4-2-5-19(29)12-18)6-3-7-24(26)32-28(22)36/h2-7,12-13,15,20,30,34H,8-11,14,16H2,1H3,(H,31,35)(H,32,36)/b22-13-. The van der Waals surface area contributed by atoms with Crippen molar-refractivity contribution in [2.75, 3.05) is 44.7 Å². The van der Waals surface area contributed by atoms with Crippen molar-refractivity contribution in [3.8, 4) is 11.1 Å². The minimum atomic E-state index is -0.675. The van der Waals surface area contributed by atoms with E-state index in [4.69, 9.17) is 16.3 Å². The third-order valence-electron chi connectivity index (χ3n) is 6.75. The van der Waals surface area contributed by atoms with Crippen LogP contribution in [0, 0.1) is 6.92 Å². The minimum absolute atomic E-state index is 0.149. The number of amides is 2. The number of nitrogens with one attached hydrogen (secondary N) is 3. The van der Waals surface area contributed by atoms with Gasteiger partial charge in [-0.05, 0) is 47.9 Å². The normalized spacial score (nSPS) is 17.5. The number of anilines is 1. The molecule has 1 atom stereocenters. The molecule has 0 saturated carbocycles. The lowest BCUT2D eigenvalue weighted by Gasteiger charge is -2.28. The lowest BCUT2D eigenvalue weighted by atomic mass is 9.94. The van der Waals surface area contributed by atoms with Crippen LogP contribution in [-0.4, -0.2) is 72.3 Å². The van der Waals surface area contributed by atoms with Gasteiger partial charge in [0.25, 0.3) is 11.8 Å². The molecule has 0 aliphatic carbocycles. The Morgan fingerprint density at radius 1 is 1.24 bits per heavy atom. The fourth-order valence-corrected chi connectivity index (χ4v) is 4.97. The molecule has 2 aliphatic heterocycles. The lowest BCUT2D eigenvalue weighted by molar-refractivity contribution is -0.110. The molecule has 0 bridgehead atoms. The molecule has 9 heteroatoms. The largest absolute Gasteiger partial charge is 0.390 e. The SMILES string of the molecule is Cc1c(C(=O)NCC(O)CN2CCOCC2)c[nH]c1/C=C1\C(=O)Nc2cccc(-c3cccc(Cl)c3)c21. The van der Waals surface area contributed by atoms with Crippen LogP contribution in [0.1, 0.15) is 27.2 Å². The first-order valence-electron chi connectivity index (χ1n) is 12.3. The van der Waals surface area contributed by atoms with Gasteiger partial charge in [-0.3, -0.25) is 14.5 Å². The maximum absolute atomic E-state index is 12.9. The zero-order valence-electron chi connectivity index (χ0n) is 20.5. The van der Waals surface area contributed by atoms with Crippen molar-refractivity contribution in [2.24, 2.45) is 0 Å². The van der Waals surface area contributed by atoms with Gasteiger partial charge >= 0.3 is 0 Å². The van der Waals surface area contributed by atoms with E-state index in [1.165, 1.54) is 0 Å². The van der Waals surface area contributed by atoms with E-state index < -0.39 is 6.10 Å². The highest BCUT2D eigenvalue weighted by Crippen LogP contribution is 2.41. The summed E-state index contributed by atoms with van der Waals surface area (Å²) in [5.74, 6) is -0.494. The second kappa shape index (κ2) is 10.9. The summed E-state index contributed by atoms with van der Waals surface area (Å²) in [6.07, 6.45) is 2.72. The molecule has 1 aromatic heterocycles. The molecular formula is C28H29ClN4O4. The van der Waals surface area contributed by atoms with E-state index >= 15 is 0 Å². The van der Waals surface area contributed by atoms with Crippen molar-refractivity contribution in [2.45, 2.75) is 13.0 Å². The van der Waals surface area contributed by atoms with Gasteiger partial charge in [0, 0.05) is 54.3 Å². The van der Waals surface area contributed by atoms with Gasteiger partial charge in [-0.25, -0.2) is 0 Å². The number of hydrogen-bond acceptors (Lipinski definition) is 5. The minimum Gasteiger partial charge on any atom is -0.390 e. The van der Waals surface area contributed by atoms with Crippen LogP contribution in [0.15, 0.2) is 48.7 Å². The Balaban J connectivity index is 1.35. The van der Waals surface area contributed by atoms with Crippen LogP contribution in [0.3, 0.4) is 0 Å². The maximum Gasteiger partial charge on any atom is 0.256 e. The first-order chi connectivity index (χ1) is 17.9. The van der Waals surface area contributed by atoms with Gasteiger partial charge in [-0.1, -0.05) is 35.9 Å². The molecule has 3 aromatic rings. The van der Waals surface area contributed by atoms with Crippen LogP contribution in [0.5, 0.6) is 0 Å². The Labute approximate surface area is 220 Å². The Hall–Kier alpha value is -3.43. The Kier molecular flexibility index (Phi) is 7.43. The summed E-state index contributed by atoms with van der Waals surface area (Å²) in [5, 5.41) is 16.7. The van der Waals surface area contributed by atoms with Crippen molar-refractivity contribution < 1.29 is 19.4 Å². The fraction of sp³-hybridized carbons (Fsp3) is 0.286. The smallest absolute Gasteiger partial charge is 0.256 e. The Bertz CT molecular complexity index is 1360. The van der Waals surface area contributed by atoms with Crippen LogP contribution in [0.25, 0.3) is 22.8 Å². The first kappa shape index (κ1) is 25.2. The summed E-state index contributed by atoms with van der Waals surface area (Å²) in [5.41, 5.74) is 5.67. The quantitative estimate of drug-likeness (QED) is 0.356. The van der Waals surface area contributed by atoms with Crippen LogP contribution >= 0.6 is 11.6 Å². The highest BCUT2D eigenvalue weighted by atomic mass is 35.5. The molecule has 1 saturated heterocycles. The number of aliphatic hydroxyl groups excluding tert-OH is 1. The number of benzene rings is 2. The number of hydrogen-bond donors (Lipinski definition) is 4. The highest BCUT2D eigenvalue weighted by molar-refractivity contribution is 6.36. The maximum atomic E-state index is 12.9. The number of carbonyl (C=O) groups excluding carboxylic acids is 2. The zero-order valence-corrected chi connectivity index (χ0v) is 21.3. The molecule has 192 valence electrons. The summed E-state index contributed by atoms with van der Waals surface area (Å²) in [4.78, 5) is 31.1. The monoisotopic (exact) mass is 520 g/mol. The van der Waals surface area contributed by atoms with Gasteiger partial charge in [0.1, 0.15) is 0 Å². The lowest BCUT2D eigenvalue weighted by Crippen LogP contribution is -2.44. The number of β-amino-alcohol motifs (C(OH)–C–C–N with tert-alkyl or cyclic N) is 1. The van der Waals surface area contributed by atoms with Crippen LogP contribution in [-0.2, 0) is 9.53 Å². The molecule has 5 rings (SSSR count). The second-order valence-corrected chi connectivity index (χ2v) is 9.70. The van der Waals surface area contributed by atoms with Crippen LogP contribution < -0.4 is 10.6 Å². The van der Waals surface area contributed by atoms with Crippen molar-refractivity contribution in [3.05, 3.63) is 76.1 Å². The Morgan fingerprint density at radius 3 is 2.81 bits per heavy atom. The molecule has 4 N–H and O–H groups in total. The molecule has 2 amide bonds. The van der Waals surface area contributed by atoms with Crippen molar-refractivity contribution >= 4 is 40.8 Å². The number of nitrogens with zero attached hydrogens (tertiary/aromatic N) is 1. The third kappa shape index (κ3) is 5.47. The van der Waals surface area contributed by atoms with E-state index in [1.807, 2.05) is 49.4 Å². The van der Waals surface area contributed by atoms with E-state index in [9.17, 15) is 14.7 Å². The number of carbonyl (C=O) groups is 2. The number of aliphatic hydroxyl groups is 1. The molecular weight excluding hydrogens is 492 g/mol. The average molecular weight is 521 g/mol. The fourth-order valence-electron chi connectivity index (χ4n) is 4.78. The molecule has 3 heterocycles. The molecule has 2 aromatic carbocycles. The molecule has 1 unspecified atom stereocenters. The molecule has 1 fully saturated rings. The van der Waals surface area contributed by atoms with E-state index in [-0.39, 0.29) is 18.4 Å². The molecule has 37 heavy (non-hydrogen) atoms. The Morgan fingerprint density at radius 2 is 2.03 bits per heavy atom. The topological polar surface area (TPSA) is 107 Å². The number of fused-ring (bicyclic) bond motifs is 1. The first-order valence-corrected chi connectivity index (χ1v) is 12.6. The van der Waals surface area contributed by atoms with Gasteiger partial charge in [-0.15, -0.1) is 0 Å². The highest BCUT2D eigenvalue weighted by Gasteiger charge is 2.28. The number of rotatable bonds is 7. The number of aromatic amines is 1. The third-order valence-corrected chi connectivity index (χ3v) is 6.98. The summed E-state index contributed by atoms with van der Waals surface area (Å²) in [6.45, 7) is 5.32. The van der Waals surface area contributed by atoms with Gasteiger partial charge in [0.05, 0.1) is 30.5 Å². The van der Waals surface area contributed by atoms with Gasteiger partial charge in [0.2, 0.25) is 0 Å². The van der Waals surface area contributed by atoms with E-state index in [2.05, 4.69) is 20.5 Å². The summed E-state index contributed by atoms with van der Waals surface area (Å²) < 4.78 is 5.33. The van der Waals surface area contributed by atoms with Gasteiger partial charge in [-0.2, -0.15) is 0 Å². The summed E-state index contributed by atoms with van der Waals surface area (Å²) in [6, 6.07) is 13.2. The van der Waals surface area contributed by atoms with E-state index in [1.54, 1.807) is 12.3 Å².